The van der Waals surface area contributed by atoms with Crippen LogP contribution in [0.2, 0.25) is 10.0 Å². The fourth-order valence-electron chi connectivity index (χ4n) is 4.85. The maximum atomic E-state index is 14.4. The summed E-state index contributed by atoms with van der Waals surface area (Å²) in [7, 11) is 1.58. The molecule has 9 nitrogen and oxygen atoms in total. The van der Waals surface area contributed by atoms with Crippen molar-refractivity contribution in [2.75, 3.05) is 13.1 Å². The maximum absolute atomic E-state index is 14.4. The number of hydrogen-bond donors (Lipinski definition) is 2. The van der Waals surface area contributed by atoms with Crippen LogP contribution in [0.3, 0.4) is 0 Å². The van der Waals surface area contributed by atoms with Gasteiger partial charge in [-0.1, -0.05) is 29.3 Å². The molecule has 1 aliphatic heterocycles. The first-order chi connectivity index (χ1) is 17.3. The van der Waals surface area contributed by atoms with Gasteiger partial charge in [0.15, 0.2) is 0 Å². The van der Waals surface area contributed by atoms with Gasteiger partial charge in [0.2, 0.25) is 0 Å². The van der Waals surface area contributed by atoms with Crippen LogP contribution in [-0.4, -0.2) is 48.1 Å². The van der Waals surface area contributed by atoms with Crippen LogP contribution in [0.25, 0.3) is 38.9 Å². The van der Waals surface area contributed by atoms with Gasteiger partial charge in [0.05, 0.1) is 44.6 Å². The lowest BCUT2D eigenvalue weighted by Gasteiger charge is -2.26. The normalized spacial score (nSPS) is 18.3. The van der Waals surface area contributed by atoms with Gasteiger partial charge >= 0.3 is 5.69 Å². The largest absolute Gasteiger partial charge is 0.339 e. The molecule has 2 atom stereocenters. The number of halogens is 3. The third-order valence-corrected chi connectivity index (χ3v) is 7.27. The maximum Gasteiger partial charge on any atom is 0.335 e. The number of aryl methyl sites for hydroxylation is 1. The summed E-state index contributed by atoms with van der Waals surface area (Å²) >= 11 is 12.6. The second-order valence-electron chi connectivity index (χ2n) is 8.80. The van der Waals surface area contributed by atoms with E-state index < -0.39 is 17.4 Å². The van der Waals surface area contributed by atoms with E-state index in [1.807, 2.05) is 6.07 Å². The molecule has 12 heteroatoms. The molecule has 1 aromatic carbocycles. The highest BCUT2D eigenvalue weighted by atomic mass is 35.5. The number of fused-ring (bicyclic) bond motifs is 3. The molecule has 184 valence electrons. The summed E-state index contributed by atoms with van der Waals surface area (Å²) < 4.78 is 18.4. The Morgan fingerprint density at radius 2 is 1.92 bits per heavy atom. The Balaban J connectivity index is 1.52. The summed E-state index contributed by atoms with van der Waals surface area (Å²) in [5, 5.41) is 8.61. The quantitative estimate of drug-likeness (QED) is 0.373. The molecular formula is C24H20Cl2FN7O2. The molecule has 1 aliphatic rings. The van der Waals surface area contributed by atoms with Crippen LogP contribution >= 0.6 is 23.2 Å². The van der Waals surface area contributed by atoms with Crippen molar-refractivity contribution in [3.63, 3.8) is 0 Å². The summed E-state index contributed by atoms with van der Waals surface area (Å²) in [5.74, 6) is 0. The molecule has 0 bridgehead atoms. The van der Waals surface area contributed by atoms with Crippen molar-refractivity contribution in [3.8, 4) is 16.9 Å². The zero-order valence-corrected chi connectivity index (χ0v) is 20.5. The lowest BCUT2D eigenvalue weighted by molar-refractivity contribution is 0.173. The SMILES string of the molecule is Cn1c(=O)n(-c2c(Cl)cccc2Cl)c(=O)c2cnc3[nH]c(-c4cnn([C@@H]5CCNC[C@@H]5F)c4)cc3c21. The van der Waals surface area contributed by atoms with E-state index in [1.165, 1.54) is 10.8 Å². The Labute approximate surface area is 213 Å². The van der Waals surface area contributed by atoms with Crippen molar-refractivity contribution in [3.05, 3.63) is 73.7 Å². The molecule has 5 aromatic rings. The number of aromatic nitrogens is 6. The number of nitrogens with zero attached hydrogens (tertiary/aromatic N) is 5. The van der Waals surface area contributed by atoms with Crippen LogP contribution in [0, 0.1) is 0 Å². The van der Waals surface area contributed by atoms with E-state index in [0.29, 0.717) is 35.2 Å². The van der Waals surface area contributed by atoms with Gasteiger partial charge in [-0.25, -0.2) is 18.7 Å². The molecule has 0 unspecified atom stereocenters. The van der Waals surface area contributed by atoms with E-state index in [9.17, 15) is 14.0 Å². The van der Waals surface area contributed by atoms with Crippen LogP contribution in [0.15, 0.2) is 52.4 Å². The first-order valence-electron chi connectivity index (χ1n) is 11.3. The molecule has 0 spiro atoms. The van der Waals surface area contributed by atoms with Crippen LogP contribution < -0.4 is 16.6 Å². The van der Waals surface area contributed by atoms with Gasteiger partial charge in [0.25, 0.3) is 5.56 Å². The van der Waals surface area contributed by atoms with Gasteiger partial charge in [-0.15, -0.1) is 0 Å². The third kappa shape index (κ3) is 3.47. The molecule has 1 saturated heterocycles. The van der Waals surface area contributed by atoms with Crippen molar-refractivity contribution in [1.29, 1.82) is 0 Å². The molecule has 1 fully saturated rings. The highest BCUT2D eigenvalue weighted by Gasteiger charge is 2.27. The molecule has 4 aromatic heterocycles. The number of benzene rings is 1. The fraction of sp³-hybridized carbons (Fsp3) is 0.250. The predicted octanol–water partition coefficient (Wildman–Crippen LogP) is 3.61. The zero-order chi connectivity index (χ0) is 25.1. The predicted molar refractivity (Wildman–Crippen MR) is 137 cm³/mol. The van der Waals surface area contributed by atoms with Crippen LogP contribution in [-0.2, 0) is 7.05 Å². The molecule has 5 heterocycles. The van der Waals surface area contributed by atoms with Gasteiger partial charge in [0.1, 0.15) is 11.8 Å². The number of aromatic amines is 1. The van der Waals surface area contributed by atoms with E-state index in [1.54, 1.807) is 42.3 Å². The number of H-pyrrole nitrogens is 1. The Hall–Kier alpha value is -3.47. The first-order valence-corrected chi connectivity index (χ1v) is 12.1. The monoisotopic (exact) mass is 527 g/mol. The standard InChI is InChI=1S/C24H20Cl2FN7O2/c1-32-20-13-7-18(12-8-30-33(11-12)19-5-6-28-10-17(19)27)31-22(13)29-9-14(20)23(35)34(24(32)36)21-15(25)3-2-4-16(21)26/h2-4,7-9,11,17,19,28H,5-6,10H2,1H3,(H,29,31)/t17-,19+/m0/s1. The molecule has 0 saturated carbocycles. The number of nitrogens with one attached hydrogen (secondary N) is 2. The topological polar surface area (TPSA) is 103 Å². The molecule has 6 rings (SSSR count). The van der Waals surface area contributed by atoms with E-state index >= 15 is 0 Å². The average molecular weight is 528 g/mol. The summed E-state index contributed by atoms with van der Waals surface area (Å²) in [5.41, 5.74) is 1.31. The lowest BCUT2D eigenvalue weighted by atomic mass is 10.1. The molecule has 36 heavy (non-hydrogen) atoms. The highest BCUT2D eigenvalue weighted by molar-refractivity contribution is 6.37. The number of rotatable bonds is 3. The average Bonchev–Trinajstić information content (AvgIpc) is 3.51. The van der Waals surface area contributed by atoms with E-state index in [4.69, 9.17) is 23.2 Å². The second-order valence-corrected chi connectivity index (χ2v) is 9.62. The van der Waals surface area contributed by atoms with Crippen LogP contribution in [0.4, 0.5) is 4.39 Å². The lowest BCUT2D eigenvalue weighted by Crippen LogP contribution is -2.39. The Kier molecular flexibility index (Phi) is 5.47. The van der Waals surface area contributed by atoms with Crippen molar-refractivity contribution >= 4 is 45.1 Å². The Bertz CT molecular complexity index is 1750. The minimum absolute atomic E-state index is 0.125. The molecule has 2 N–H and O–H groups in total. The molecule has 0 amide bonds. The highest BCUT2D eigenvalue weighted by Crippen LogP contribution is 2.30. The van der Waals surface area contributed by atoms with E-state index in [0.717, 1.165) is 16.7 Å². The summed E-state index contributed by atoms with van der Waals surface area (Å²) in [4.78, 5) is 34.5. The molecule has 0 aliphatic carbocycles. The summed E-state index contributed by atoms with van der Waals surface area (Å²) in [6.45, 7) is 1.03. The van der Waals surface area contributed by atoms with Crippen molar-refractivity contribution in [2.24, 2.45) is 7.05 Å². The van der Waals surface area contributed by atoms with Crippen LogP contribution in [0.5, 0.6) is 0 Å². The fourth-order valence-corrected chi connectivity index (χ4v) is 5.42. The van der Waals surface area contributed by atoms with Gasteiger partial charge in [-0.2, -0.15) is 5.10 Å². The van der Waals surface area contributed by atoms with Gasteiger partial charge in [-0.3, -0.25) is 14.0 Å². The van der Waals surface area contributed by atoms with E-state index in [2.05, 4.69) is 20.4 Å². The number of piperidine rings is 1. The summed E-state index contributed by atoms with van der Waals surface area (Å²) in [6.07, 6.45) is 4.50. The minimum Gasteiger partial charge on any atom is -0.339 e. The number of hydrogen-bond acceptors (Lipinski definition) is 5. The number of alkyl halides is 1. The van der Waals surface area contributed by atoms with Crippen molar-refractivity contribution < 1.29 is 4.39 Å². The second kappa shape index (κ2) is 8.58. The molecular weight excluding hydrogens is 508 g/mol. The van der Waals surface area contributed by atoms with Crippen molar-refractivity contribution in [2.45, 2.75) is 18.6 Å². The van der Waals surface area contributed by atoms with Gasteiger partial charge < -0.3 is 10.3 Å². The Morgan fingerprint density at radius 1 is 1.14 bits per heavy atom. The first kappa shape index (κ1) is 23.0. The van der Waals surface area contributed by atoms with Crippen molar-refractivity contribution in [1.82, 2.24) is 34.2 Å². The number of pyridine rings is 1. The van der Waals surface area contributed by atoms with Gasteiger partial charge in [-0.05, 0) is 31.2 Å². The van der Waals surface area contributed by atoms with Crippen LogP contribution in [0.1, 0.15) is 12.5 Å². The number of para-hydroxylation sites is 1. The summed E-state index contributed by atoms with van der Waals surface area (Å²) in [6, 6.07) is 6.24. The smallest absolute Gasteiger partial charge is 0.335 e. The molecule has 0 radical (unpaired) electrons. The minimum atomic E-state index is -1.02. The third-order valence-electron chi connectivity index (χ3n) is 6.66. The van der Waals surface area contributed by atoms with Gasteiger partial charge in [0, 0.05) is 36.9 Å². The van der Waals surface area contributed by atoms with E-state index in [-0.39, 0.29) is 27.2 Å². The Morgan fingerprint density at radius 3 is 2.67 bits per heavy atom. The zero-order valence-electron chi connectivity index (χ0n) is 19.0.